The van der Waals surface area contributed by atoms with Crippen LogP contribution in [0, 0.1) is 5.92 Å². The maximum Gasteiger partial charge on any atom is 0.278 e. The molecule has 34 heavy (non-hydrogen) atoms. The van der Waals surface area contributed by atoms with Gasteiger partial charge >= 0.3 is 0 Å². The lowest BCUT2D eigenvalue weighted by molar-refractivity contribution is -0.112. The molecule has 0 aliphatic carbocycles. The van der Waals surface area contributed by atoms with Crippen LogP contribution in [0.25, 0.3) is 0 Å². The second-order valence-corrected chi connectivity index (χ2v) is 9.03. The molecule has 0 aromatic heterocycles. The zero-order chi connectivity index (χ0) is 23.3. The van der Waals surface area contributed by atoms with Gasteiger partial charge in [0, 0.05) is 18.7 Å². The Morgan fingerprint density at radius 3 is 2.35 bits per heavy atom. The summed E-state index contributed by atoms with van der Waals surface area (Å²) in [5.74, 6) is 1.49. The van der Waals surface area contributed by atoms with Crippen LogP contribution in [0.2, 0.25) is 0 Å². The lowest BCUT2D eigenvalue weighted by Gasteiger charge is -2.34. The van der Waals surface area contributed by atoms with E-state index in [1.807, 2.05) is 60.4 Å². The molecule has 0 radical (unpaired) electrons. The molecule has 0 spiro atoms. The number of hydrogen-bond acceptors (Lipinski definition) is 4. The largest absolute Gasteiger partial charge is 0.494 e. The summed E-state index contributed by atoms with van der Waals surface area (Å²) in [6.07, 6.45) is 3.45. The van der Waals surface area contributed by atoms with E-state index in [2.05, 4.69) is 35.2 Å². The quantitative estimate of drug-likeness (QED) is 0.477. The molecule has 1 amide bonds. The van der Waals surface area contributed by atoms with E-state index >= 15 is 0 Å². The van der Waals surface area contributed by atoms with Crippen molar-refractivity contribution in [1.82, 2.24) is 4.90 Å². The normalized spacial score (nSPS) is 17.9. The minimum atomic E-state index is -0.0264. The van der Waals surface area contributed by atoms with Crippen LogP contribution in [-0.4, -0.2) is 42.9 Å². The van der Waals surface area contributed by atoms with Crippen LogP contribution in [0.4, 0.5) is 11.4 Å². The third kappa shape index (κ3) is 4.90. The second kappa shape index (κ2) is 10.2. The second-order valence-electron chi connectivity index (χ2n) is 9.03. The smallest absolute Gasteiger partial charge is 0.278 e. The van der Waals surface area contributed by atoms with Gasteiger partial charge in [0.25, 0.3) is 5.91 Å². The number of likely N-dealkylation sites (tertiary alicyclic amines) is 1. The third-order valence-electron chi connectivity index (χ3n) is 6.70. The summed E-state index contributed by atoms with van der Waals surface area (Å²) < 4.78 is 5.52. The number of aliphatic imine (C=N–C) groups is 1. The van der Waals surface area contributed by atoms with Crippen LogP contribution in [0.1, 0.15) is 30.9 Å². The Bertz CT molecular complexity index is 1150. The summed E-state index contributed by atoms with van der Waals surface area (Å²) in [6.45, 7) is 5.21. The lowest BCUT2D eigenvalue weighted by atomic mass is 9.90. The van der Waals surface area contributed by atoms with Crippen molar-refractivity contribution in [2.24, 2.45) is 10.9 Å². The minimum Gasteiger partial charge on any atom is -0.494 e. The van der Waals surface area contributed by atoms with Crippen molar-refractivity contribution < 1.29 is 9.53 Å². The summed E-state index contributed by atoms with van der Waals surface area (Å²) in [5, 5.41) is 0. The van der Waals surface area contributed by atoms with Crippen LogP contribution in [0.5, 0.6) is 5.75 Å². The van der Waals surface area contributed by atoms with Crippen molar-refractivity contribution in [2.75, 3.05) is 31.3 Å². The van der Waals surface area contributed by atoms with E-state index in [-0.39, 0.29) is 5.91 Å². The van der Waals surface area contributed by atoms with Gasteiger partial charge < -0.3 is 4.74 Å². The fourth-order valence-corrected chi connectivity index (χ4v) is 4.90. The summed E-state index contributed by atoms with van der Waals surface area (Å²) in [6, 6.07) is 26.3. The number of fused-ring (bicyclic) bond motifs is 1. The van der Waals surface area contributed by atoms with Crippen LogP contribution < -0.4 is 9.64 Å². The van der Waals surface area contributed by atoms with E-state index in [0.717, 1.165) is 55.0 Å². The van der Waals surface area contributed by atoms with E-state index in [1.54, 1.807) is 0 Å². The standard InChI is InChI=1S/C29H31N3O2/c1-2-34-25-14-12-24(13-15-25)30-28-26-10-6-7-11-27(26)32(29(28)33)21-31-18-16-23(17-19-31)20-22-8-4-3-5-9-22/h3-15,23H,2,16-21H2,1H3. The molecule has 0 unspecified atom stereocenters. The van der Waals surface area contributed by atoms with Gasteiger partial charge in [0.05, 0.1) is 24.7 Å². The number of nitrogens with zero attached hydrogens (tertiary/aromatic N) is 3. The first-order valence-electron chi connectivity index (χ1n) is 12.2. The minimum absolute atomic E-state index is 0.0264. The molecule has 0 atom stereocenters. The number of ether oxygens (including phenoxy) is 1. The average molecular weight is 454 g/mol. The maximum atomic E-state index is 13.5. The first-order valence-corrected chi connectivity index (χ1v) is 12.2. The summed E-state index contributed by atoms with van der Waals surface area (Å²) in [4.78, 5) is 22.5. The number of para-hydroxylation sites is 1. The van der Waals surface area contributed by atoms with Crippen molar-refractivity contribution in [3.63, 3.8) is 0 Å². The summed E-state index contributed by atoms with van der Waals surface area (Å²) >= 11 is 0. The zero-order valence-corrected chi connectivity index (χ0v) is 19.7. The highest BCUT2D eigenvalue weighted by molar-refractivity contribution is 6.54. The first-order chi connectivity index (χ1) is 16.7. The number of benzene rings is 3. The Morgan fingerprint density at radius 1 is 0.912 bits per heavy atom. The van der Waals surface area contributed by atoms with Gasteiger partial charge in [-0.3, -0.25) is 14.6 Å². The Labute approximate surface area is 201 Å². The number of anilines is 1. The Kier molecular flexibility index (Phi) is 6.72. The van der Waals surface area contributed by atoms with E-state index < -0.39 is 0 Å². The fourth-order valence-electron chi connectivity index (χ4n) is 4.90. The van der Waals surface area contributed by atoms with Gasteiger partial charge in [-0.05, 0) is 68.0 Å². The van der Waals surface area contributed by atoms with Crippen molar-refractivity contribution in [1.29, 1.82) is 0 Å². The van der Waals surface area contributed by atoms with Crippen molar-refractivity contribution in [2.45, 2.75) is 26.2 Å². The summed E-state index contributed by atoms with van der Waals surface area (Å²) in [5.41, 5.74) is 4.53. The highest BCUT2D eigenvalue weighted by Gasteiger charge is 2.35. The van der Waals surface area contributed by atoms with Gasteiger partial charge in [0.2, 0.25) is 0 Å². The van der Waals surface area contributed by atoms with E-state index in [4.69, 9.17) is 9.73 Å². The first kappa shape index (κ1) is 22.4. The number of amides is 1. The molecule has 0 saturated carbocycles. The predicted molar refractivity (Wildman–Crippen MR) is 137 cm³/mol. The van der Waals surface area contributed by atoms with Crippen molar-refractivity contribution >= 4 is 23.0 Å². The highest BCUT2D eigenvalue weighted by atomic mass is 16.5. The predicted octanol–water partition coefficient (Wildman–Crippen LogP) is 5.46. The van der Waals surface area contributed by atoms with Gasteiger partial charge in [-0.2, -0.15) is 0 Å². The Hall–Kier alpha value is -3.44. The Balaban J connectivity index is 1.27. The van der Waals surface area contributed by atoms with Crippen LogP contribution in [0.15, 0.2) is 83.9 Å². The molecule has 3 aromatic rings. The molecular formula is C29H31N3O2. The molecule has 2 aliphatic rings. The number of carbonyl (C=O) groups excluding carboxylic acids is 1. The van der Waals surface area contributed by atoms with Gasteiger partial charge in [-0.25, -0.2) is 4.99 Å². The average Bonchev–Trinajstić information content (AvgIpc) is 3.13. The molecule has 1 saturated heterocycles. The monoisotopic (exact) mass is 453 g/mol. The van der Waals surface area contributed by atoms with Crippen molar-refractivity contribution in [3.8, 4) is 5.75 Å². The number of rotatable bonds is 7. The van der Waals surface area contributed by atoms with Crippen LogP contribution >= 0.6 is 0 Å². The molecule has 2 heterocycles. The molecule has 5 heteroatoms. The van der Waals surface area contributed by atoms with Gasteiger partial charge in [-0.15, -0.1) is 0 Å². The number of piperidine rings is 1. The maximum absolute atomic E-state index is 13.5. The number of hydrogen-bond donors (Lipinski definition) is 0. The molecule has 5 rings (SSSR count). The topological polar surface area (TPSA) is 45.1 Å². The molecule has 1 fully saturated rings. The van der Waals surface area contributed by atoms with Gasteiger partial charge in [0.15, 0.2) is 0 Å². The molecule has 3 aromatic carbocycles. The highest BCUT2D eigenvalue weighted by Crippen LogP contribution is 2.32. The zero-order valence-electron chi connectivity index (χ0n) is 19.7. The molecule has 5 nitrogen and oxygen atoms in total. The van der Waals surface area contributed by atoms with Gasteiger partial charge in [0.1, 0.15) is 11.5 Å². The molecule has 174 valence electrons. The van der Waals surface area contributed by atoms with E-state index in [1.165, 1.54) is 5.56 Å². The molecular weight excluding hydrogens is 422 g/mol. The van der Waals surface area contributed by atoms with Crippen molar-refractivity contribution in [3.05, 3.63) is 90.0 Å². The van der Waals surface area contributed by atoms with Gasteiger partial charge in [-0.1, -0.05) is 48.5 Å². The molecule has 2 aliphatic heterocycles. The van der Waals surface area contributed by atoms with Crippen LogP contribution in [-0.2, 0) is 11.2 Å². The number of carbonyl (C=O) groups is 1. The lowest BCUT2D eigenvalue weighted by Crippen LogP contribution is -2.44. The molecule has 0 bridgehead atoms. The SMILES string of the molecule is CCOc1ccc(N=C2C(=O)N(CN3CCC(Cc4ccccc4)CC3)c3ccccc32)cc1. The summed E-state index contributed by atoms with van der Waals surface area (Å²) in [7, 11) is 0. The van der Waals surface area contributed by atoms with Crippen LogP contribution in [0.3, 0.4) is 0 Å². The fraction of sp³-hybridized carbons (Fsp3) is 0.310. The van der Waals surface area contributed by atoms with E-state index in [0.29, 0.717) is 24.9 Å². The third-order valence-corrected chi connectivity index (χ3v) is 6.70. The Morgan fingerprint density at radius 2 is 1.62 bits per heavy atom. The van der Waals surface area contributed by atoms with E-state index in [9.17, 15) is 4.79 Å². The molecule has 0 N–H and O–H groups in total.